The highest BCUT2D eigenvalue weighted by Gasteiger charge is 2.39. The number of benzene rings is 1. The van der Waals surface area contributed by atoms with Crippen LogP contribution in [0.3, 0.4) is 0 Å². The standard InChI is InChI=1S/C22H39O5P/c1-14(2)18(8)19-12-11-17(7)20(22(9,15(3)4)16(5)6)21(19)26-13-27-28(23,24)25-10/h11-12,14-16,18H,13H2,1-10H3,(H,23,24)/i15D,16D. The van der Waals surface area contributed by atoms with Crippen molar-refractivity contribution in [3.8, 4) is 5.75 Å². The topological polar surface area (TPSA) is 65.0 Å². The van der Waals surface area contributed by atoms with E-state index < -0.39 is 31.8 Å². The summed E-state index contributed by atoms with van der Waals surface area (Å²) < 4.78 is 45.0. The minimum atomic E-state index is -4.20. The van der Waals surface area contributed by atoms with Gasteiger partial charge in [0.1, 0.15) is 5.75 Å². The molecule has 1 aromatic carbocycles. The van der Waals surface area contributed by atoms with Crippen molar-refractivity contribution in [2.24, 2.45) is 17.7 Å². The van der Waals surface area contributed by atoms with Crippen molar-refractivity contribution in [3.63, 3.8) is 0 Å². The monoisotopic (exact) mass is 416 g/mol. The quantitative estimate of drug-likeness (QED) is 0.352. The molecule has 2 atom stereocenters. The largest absolute Gasteiger partial charge is 0.474 e. The van der Waals surface area contributed by atoms with E-state index in [1.165, 1.54) is 0 Å². The molecule has 162 valence electrons. The lowest BCUT2D eigenvalue weighted by Gasteiger charge is -2.41. The molecule has 0 aliphatic heterocycles. The first-order chi connectivity index (χ1) is 13.4. The van der Waals surface area contributed by atoms with Gasteiger partial charge in [0.25, 0.3) is 0 Å². The fraction of sp³-hybridized carbons (Fsp3) is 0.727. The highest BCUT2D eigenvalue weighted by molar-refractivity contribution is 7.47. The van der Waals surface area contributed by atoms with Gasteiger partial charge in [-0.15, -0.1) is 0 Å². The Hall–Kier alpha value is -0.870. The van der Waals surface area contributed by atoms with Crippen molar-refractivity contribution < 1.29 is 26.0 Å². The van der Waals surface area contributed by atoms with Crippen molar-refractivity contribution >= 4 is 7.82 Å². The van der Waals surface area contributed by atoms with Crippen LogP contribution in [0.25, 0.3) is 0 Å². The van der Waals surface area contributed by atoms with E-state index in [1.807, 2.05) is 26.0 Å². The van der Waals surface area contributed by atoms with Crippen molar-refractivity contribution in [2.75, 3.05) is 13.9 Å². The lowest BCUT2D eigenvalue weighted by atomic mass is 9.64. The van der Waals surface area contributed by atoms with E-state index in [0.29, 0.717) is 11.7 Å². The Morgan fingerprint density at radius 3 is 2.11 bits per heavy atom. The van der Waals surface area contributed by atoms with Gasteiger partial charge >= 0.3 is 7.82 Å². The third-order valence-corrected chi connectivity index (χ3v) is 6.93. The number of aryl methyl sites for hydroxylation is 1. The van der Waals surface area contributed by atoms with Crippen LogP contribution in [0.4, 0.5) is 0 Å². The number of phosphoric ester groups is 1. The molecule has 0 saturated carbocycles. The minimum Gasteiger partial charge on any atom is -0.466 e. The number of phosphoric acid groups is 1. The van der Waals surface area contributed by atoms with Gasteiger partial charge in [-0.3, -0.25) is 4.52 Å². The summed E-state index contributed by atoms with van der Waals surface area (Å²) in [5.74, 6) is -1.09. The smallest absolute Gasteiger partial charge is 0.466 e. The Labute approximate surface area is 174 Å². The van der Waals surface area contributed by atoms with Crippen LogP contribution < -0.4 is 4.74 Å². The Balaban J connectivity index is 3.80. The van der Waals surface area contributed by atoms with E-state index in [0.717, 1.165) is 23.8 Å². The molecule has 6 heteroatoms. The molecule has 0 heterocycles. The van der Waals surface area contributed by atoms with Crippen molar-refractivity contribution in [1.29, 1.82) is 0 Å². The molecule has 5 nitrogen and oxygen atoms in total. The summed E-state index contributed by atoms with van der Waals surface area (Å²) in [6, 6.07) is 3.99. The molecule has 0 saturated heterocycles. The molecule has 28 heavy (non-hydrogen) atoms. The number of hydrogen-bond acceptors (Lipinski definition) is 4. The van der Waals surface area contributed by atoms with Gasteiger partial charge in [-0.05, 0) is 41.7 Å². The van der Waals surface area contributed by atoms with E-state index in [4.69, 9.17) is 12.0 Å². The maximum Gasteiger partial charge on any atom is 0.474 e. The van der Waals surface area contributed by atoms with Crippen molar-refractivity contribution in [2.45, 2.75) is 73.6 Å². The Morgan fingerprint density at radius 2 is 1.68 bits per heavy atom. The van der Waals surface area contributed by atoms with Crippen LogP contribution in [-0.2, 0) is 19.0 Å². The molecular weight excluding hydrogens is 375 g/mol. The van der Waals surface area contributed by atoms with Gasteiger partial charge in [0, 0.05) is 20.8 Å². The predicted octanol–water partition coefficient (Wildman–Crippen LogP) is 6.42. The Bertz CT molecular complexity index is 767. The van der Waals surface area contributed by atoms with Gasteiger partial charge < -0.3 is 9.63 Å². The van der Waals surface area contributed by atoms with Gasteiger partial charge in [-0.1, -0.05) is 67.5 Å². The molecule has 2 unspecified atom stereocenters. The second-order valence-electron chi connectivity index (χ2n) is 8.38. The Kier molecular flexibility index (Phi) is 7.60. The number of hydrogen-bond donors (Lipinski definition) is 1. The summed E-state index contributed by atoms with van der Waals surface area (Å²) in [6.07, 6.45) is 0. The zero-order valence-corrected chi connectivity index (χ0v) is 19.9. The number of rotatable bonds is 10. The van der Waals surface area contributed by atoms with Crippen LogP contribution in [-0.4, -0.2) is 18.8 Å². The molecule has 0 aliphatic carbocycles. The SMILES string of the molecule is [2H]C(C)(C)C(C)(c1c(C)ccc(C(C)C(C)C)c1OCOP(=O)(O)OC)C([2H])(C)C. The molecule has 1 N–H and O–H groups in total. The zero-order valence-electron chi connectivity index (χ0n) is 21.0. The van der Waals surface area contributed by atoms with Crippen LogP contribution >= 0.6 is 7.82 Å². The summed E-state index contributed by atoms with van der Waals surface area (Å²) in [6.45, 7) is 16.9. The van der Waals surface area contributed by atoms with E-state index in [-0.39, 0.29) is 5.92 Å². The maximum absolute atomic E-state index is 11.7. The second-order valence-corrected chi connectivity index (χ2v) is 9.94. The predicted molar refractivity (Wildman–Crippen MR) is 115 cm³/mol. The third kappa shape index (κ3) is 5.38. The summed E-state index contributed by atoms with van der Waals surface area (Å²) in [5.41, 5.74) is 1.64. The molecule has 1 aromatic rings. The fourth-order valence-corrected chi connectivity index (χ4v) is 3.69. The van der Waals surface area contributed by atoms with Crippen LogP contribution in [0, 0.1) is 24.6 Å². The molecule has 0 bridgehead atoms. The average Bonchev–Trinajstić information content (AvgIpc) is 2.58. The van der Waals surface area contributed by atoms with Crippen molar-refractivity contribution in [3.05, 3.63) is 28.8 Å². The van der Waals surface area contributed by atoms with Gasteiger partial charge in [-0.2, -0.15) is 0 Å². The molecule has 0 fully saturated rings. The average molecular weight is 417 g/mol. The molecule has 0 aliphatic rings. The lowest BCUT2D eigenvalue weighted by Crippen LogP contribution is -2.36. The van der Waals surface area contributed by atoms with E-state index >= 15 is 0 Å². The summed E-state index contributed by atoms with van der Waals surface area (Å²) in [7, 11) is -3.11. The molecular formula is C22H39O5P. The summed E-state index contributed by atoms with van der Waals surface area (Å²) >= 11 is 0. The Morgan fingerprint density at radius 1 is 1.14 bits per heavy atom. The lowest BCUT2D eigenvalue weighted by molar-refractivity contribution is 0.0709. The summed E-state index contributed by atoms with van der Waals surface area (Å²) in [4.78, 5) is 9.58. The highest BCUT2D eigenvalue weighted by Crippen LogP contribution is 2.49. The van der Waals surface area contributed by atoms with Gasteiger partial charge in [0.15, 0.2) is 6.79 Å². The number of ether oxygens (including phenoxy) is 1. The molecule has 0 amide bonds. The molecule has 1 rings (SSSR count). The van der Waals surface area contributed by atoms with Gasteiger partial charge in [0.2, 0.25) is 0 Å². The van der Waals surface area contributed by atoms with Crippen LogP contribution in [0.15, 0.2) is 12.1 Å². The maximum atomic E-state index is 11.7. The van der Waals surface area contributed by atoms with E-state index in [2.05, 4.69) is 25.3 Å². The third-order valence-electron chi connectivity index (χ3n) is 6.04. The first kappa shape index (κ1) is 21.8. The highest BCUT2D eigenvalue weighted by atomic mass is 31.2. The van der Waals surface area contributed by atoms with Gasteiger partial charge in [-0.25, -0.2) is 9.09 Å². The van der Waals surface area contributed by atoms with Crippen molar-refractivity contribution in [1.82, 2.24) is 0 Å². The molecule has 0 aromatic heterocycles. The first-order valence-electron chi connectivity index (χ1n) is 10.7. The normalized spacial score (nSPS) is 17.7. The van der Waals surface area contributed by atoms with E-state index in [1.54, 1.807) is 27.7 Å². The van der Waals surface area contributed by atoms with Crippen LogP contribution in [0.5, 0.6) is 5.75 Å². The van der Waals surface area contributed by atoms with Crippen LogP contribution in [0.2, 0.25) is 0 Å². The van der Waals surface area contributed by atoms with E-state index in [9.17, 15) is 9.46 Å². The minimum absolute atomic E-state index is 0.120. The zero-order chi connectivity index (χ0) is 23.7. The first-order valence-corrected chi connectivity index (χ1v) is 11.2. The molecule has 0 spiro atoms. The fourth-order valence-electron chi connectivity index (χ4n) is 3.40. The summed E-state index contributed by atoms with van der Waals surface area (Å²) in [5, 5.41) is 0. The second kappa shape index (κ2) is 9.75. The van der Waals surface area contributed by atoms with Crippen LogP contribution in [0.1, 0.15) is 80.7 Å². The molecule has 0 radical (unpaired) electrons. The van der Waals surface area contributed by atoms with Gasteiger partial charge in [0.05, 0.1) is 0 Å².